The van der Waals surface area contributed by atoms with E-state index in [9.17, 15) is 9.59 Å². The van der Waals surface area contributed by atoms with Crippen LogP contribution in [0.5, 0.6) is 0 Å². The van der Waals surface area contributed by atoms with Crippen LogP contribution in [-0.4, -0.2) is 65.2 Å². The normalized spacial score (nSPS) is 27.8. The molecule has 0 radical (unpaired) electrons. The Morgan fingerprint density at radius 1 is 1.40 bits per heavy atom. The number of carboxylic acids is 1. The molecular formula is C14H23N3O3. The summed E-state index contributed by atoms with van der Waals surface area (Å²) in [6.07, 6.45) is 5.02. The number of hydrogen-bond acceptors (Lipinski definition) is 3. The van der Waals surface area contributed by atoms with E-state index in [1.54, 1.807) is 4.90 Å². The average Bonchev–Trinajstić information content (AvgIpc) is 2.62. The van der Waals surface area contributed by atoms with E-state index in [2.05, 4.69) is 23.8 Å². The number of fused-ring (bicyclic) bond motifs is 2. The van der Waals surface area contributed by atoms with Gasteiger partial charge in [0.15, 0.2) is 0 Å². The first kappa shape index (κ1) is 14.8. The van der Waals surface area contributed by atoms with Crippen LogP contribution >= 0.6 is 0 Å². The quantitative estimate of drug-likeness (QED) is 0.751. The van der Waals surface area contributed by atoms with Crippen molar-refractivity contribution in [2.45, 2.75) is 43.8 Å². The van der Waals surface area contributed by atoms with Crippen LogP contribution in [0.25, 0.3) is 0 Å². The lowest BCUT2D eigenvalue weighted by molar-refractivity contribution is -0.139. The Hall–Kier alpha value is -1.56. The Balaban J connectivity index is 1.95. The van der Waals surface area contributed by atoms with Gasteiger partial charge in [0.25, 0.3) is 0 Å². The number of rotatable bonds is 4. The van der Waals surface area contributed by atoms with Crippen molar-refractivity contribution >= 4 is 12.0 Å². The maximum atomic E-state index is 12.2. The zero-order chi connectivity index (χ0) is 14.7. The summed E-state index contributed by atoms with van der Waals surface area (Å²) in [6, 6.07) is -0.212. The Bertz CT molecular complexity index is 399. The van der Waals surface area contributed by atoms with Crippen molar-refractivity contribution < 1.29 is 14.7 Å². The molecule has 112 valence electrons. The first-order valence-corrected chi connectivity index (χ1v) is 7.14. The van der Waals surface area contributed by atoms with Crippen LogP contribution in [-0.2, 0) is 4.79 Å². The molecule has 2 fully saturated rings. The number of urea groups is 1. The Morgan fingerprint density at radius 2 is 2.10 bits per heavy atom. The minimum Gasteiger partial charge on any atom is -0.480 e. The molecule has 2 N–H and O–H groups in total. The first-order valence-electron chi connectivity index (χ1n) is 7.14. The summed E-state index contributed by atoms with van der Waals surface area (Å²) in [4.78, 5) is 27.4. The molecule has 6 nitrogen and oxygen atoms in total. The van der Waals surface area contributed by atoms with Gasteiger partial charge in [-0.15, -0.1) is 6.58 Å². The molecule has 0 aromatic heterocycles. The predicted molar refractivity (Wildman–Crippen MR) is 75.5 cm³/mol. The SMILES string of the molecule is C=CCC(NC(=O)N1CCC2CCC(C1)N2C)C(=O)O. The monoisotopic (exact) mass is 281 g/mol. The van der Waals surface area contributed by atoms with E-state index in [1.807, 2.05) is 0 Å². The van der Waals surface area contributed by atoms with Crippen LogP contribution in [0.3, 0.4) is 0 Å². The molecule has 2 amide bonds. The van der Waals surface area contributed by atoms with Gasteiger partial charge in [0.2, 0.25) is 0 Å². The van der Waals surface area contributed by atoms with Crippen molar-refractivity contribution in [3.63, 3.8) is 0 Å². The first-order chi connectivity index (χ1) is 9.52. The average molecular weight is 281 g/mol. The number of likely N-dealkylation sites (N-methyl/N-ethyl adjacent to an activating group) is 1. The summed E-state index contributed by atoms with van der Waals surface area (Å²) in [6.45, 7) is 4.90. The summed E-state index contributed by atoms with van der Waals surface area (Å²) in [5, 5.41) is 11.7. The van der Waals surface area contributed by atoms with Crippen molar-refractivity contribution in [3.8, 4) is 0 Å². The lowest BCUT2D eigenvalue weighted by Crippen LogP contribution is -2.50. The van der Waals surface area contributed by atoms with E-state index in [0.29, 0.717) is 25.2 Å². The predicted octanol–water partition coefficient (Wildman–Crippen LogP) is 0.894. The van der Waals surface area contributed by atoms with Gasteiger partial charge in [0.1, 0.15) is 6.04 Å². The molecule has 3 unspecified atom stereocenters. The minimum atomic E-state index is -1.02. The van der Waals surface area contributed by atoms with Gasteiger partial charge in [0.05, 0.1) is 0 Å². The highest BCUT2D eigenvalue weighted by Gasteiger charge is 2.36. The summed E-state index contributed by atoms with van der Waals surface area (Å²) in [5.74, 6) is -1.02. The molecule has 6 heteroatoms. The van der Waals surface area contributed by atoms with Crippen LogP contribution in [0.15, 0.2) is 12.7 Å². The van der Waals surface area contributed by atoms with Crippen molar-refractivity contribution in [2.75, 3.05) is 20.1 Å². The second-order valence-electron chi connectivity index (χ2n) is 5.65. The highest BCUT2D eigenvalue weighted by atomic mass is 16.4. The second kappa shape index (κ2) is 6.26. The van der Waals surface area contributed by atoms with Crippen LogP contribution in [0.2, 0.25) is 0 Å². The second-order valence-corrected chi connectivity index (χ2v) is 5.65. The summed E-state index contributed by atoms with van der Waals surface area (Å²) in [5.41, 5.74) is 0. The number of likely N-dealkylation sites (tertiary alicyclic amines) is 1. The van der Waals surface area contributed by atoms with Gasteiger partial charge in [-0.05, 0) is 32.7 Å². The number of carboxylic acid groups (broad SMARTS) is 1. The molecule has 2 bridgehead atoms. The molecule has 0 aromatic rings. The fourth-order valence-corrected chi connectivity index (χ4v) is 3.12. The fraction of sp³-hybridized carbons (Fsp3) is 0.714. The van der Waals surface area contributed by atoms with Gasteiger partial charge in [-0.1, -0.05) is 6.08 Å². The maximum absolute atomic E-state index is 12.2. The fourth-order valence-electron chi connectivity index (χ4n) is 3.12. The molecule has 20 heavy (non-hydrogen) atoms. The van der Waals surface area contributed by atoms with Crippen molar-refractivity contribution in [1.82, 2.24) is 15.1 Å². The molecule has 2 saturated heterocycles. The minimum absolute atomic E-state index is 0.237. The molecule has 3 atom stereocenters. The van der Waals surface area contributed by atoms with E-state index in [-0.39, 0.29) is 12.5 Å². The largest absolute Gasteiger partial charge is 0.480 e. The van der Waals surface area contributed by atoms with Crippen LogP contribution in [0, 0.1) is 0 Å². The molecule has 0 saturated carbocycles. The smallest absolute Gasteiger partial charge is 0.326 e. The standard InChI is InChI=1S/C14H23N3O3/c1-3-4-12(13(18)19)15-14(20)17-8-7-10-5-6-11(9-17)16(10)2/h3,10-12H,1,4-9H2,2H3,(H,15,20)(H,18,19). The third-order valence-corrected chi connectivity index (χ3v) is 4.43. The van der Waals surface area contributed by atoms with E-state index in [4.69, 9.17) is 5.11 Å². The van der Waals surface area contributed by atoms with Gasteiger partial charge in [-0.3, -0.25) is 4.90 Å². The third-order valence-electron chi connectivity index (χ3n) is 4.43. The lowest BCUT2D eigenvalue weighted by atomic mass is 10.1. The van der Waals surface area contributed by atoms with Gasteiger partial charge in [0, 0.05) is 25.2 Å². The zero-order valence-corrected chi connectivity index (χ0v) is 11.9. The van der Waals surface area contributed by atoms with Gasteiger partial charge in [-0.25, -0.2) is 9.59 Å². The molecule has 2 aliphatic rings. The number of aliphatic carboxylic acids is 1. The molecule has 2 aliphatic heterocycles. The van der Waals surface area contributed by atoms with E-state index >= 15 is 0 Å². The molecular weight excluding hydrogens is 258 g/mol. The molecule has 2 rings (SSSR count). The Morgan fingerprint density at radius 3 is 2.75 bits per heavy atom. The molecule has 0 aromatic carbocycles. The van der Waals surface area contributed by atoms with Crippen molar-refractivity contribution in [2.24, 2.45) is 0 Å². The summed E-state index contributed by atoms with van der Waals surface area (Å²) >= 11 is 0. The number of amides is 2. The number of carbonyl (C=O) groups excluding carboxylic acids is 1. The van der Waals surface area contributed by atoms with Gasteiger partial charge < -0.3 is 15.3 Å². The molecule has 0 spiro atoms. The number of nitrogens with one attached hydrogen (secondary N) is 1. The number of hydrogen-bond donors (Lipinski definition) is 2. The van der Waals surface area contributed by atoms with E-state index < -0.39 is 12.0 Å². The van der Waals surface area contributed by atoms with Crippen LogP contribution in [0.4, 0.5) is 4.79 Å². The maximum Gasteiger partial charge on any atom is 0.326 e. The third kappa shape index (κ3) is 3.12. The van der Waals surface area contributed by atoms with E-state index in [1.165, 1.54) is 12.5 Å². The summed E-state index contributed by atoms with van der Waals surface area (Å²) < 4.78 is 0. The lowest BCUT2D eigenvalue weighted by Gasteiger charge is -2.27. The topological polar surface area (TPSA) is 72.9 Å². The summed E-state index contributed by atoms with van der Waals surface area (Å²) in [7, 11) is 2.11. The highest BCUT2D eigenvalue weighted by Crippen LogP contribution is 2.28. The van der Waals surface area contributed by atoms with Crippen LogP contribution < -0.4 is 5.32 Å². The van der Waals surface area contributed by atoms with Crippen molar-refractivity contribution in [1.29, 1.82) is 0 Å². The van der Waals surface area contributed by atoms with Gasteiger partial charge in [-0.2, -0.15) is 0 Å². The number of nitrogens with zero attached hydrogens (tertiary/aromatic N) is 2. The van der Waals surface area contributed by atoms with Crippen molar-refractivity contribution in [3.05, 3.63) is 12.7 Å². The molecule has 2 heterocycles. The molecule has 0 aliphatic carbocycles. The Labute approximate surface area is 119 Å². The zero-order valence-electron chi connectivity index (χ0n) is 11.9. The number of carbonyl (C=O) groups is 2. The van der Waals surface area contributed by atoms with Crippen LogP contribution in [0.1, 0.15) is 25.7 Å². The van der Waals surface area contributed by atoms with E-state index in [0.717, 1.165) is 12.8 Å². The highest BCUT2D eigenvalue weighted by molar-refractivity contribution is 5.82. The van der Waals surface area contributed by atoms with Gasteiger partial charge >= 0.3 is 12.0 Å². The Kier molecular flexibility index (Phi) is 4.65.